The normalized spacial score (nSPS) is 12.8. The molecule has 0 aliphatic carbocycles. The molecular formula is C11H9N5O4. The van der Waals surface area contributed by atoms with E-state index in [1.807, 2.05) is 0 Å². The number of aromatic nitrogens is 2. The molecule has 0 radical (unpaired) electrons. The van der Waals surface area contributed by atoms with E-state index in [0.717, 1.165) is 5.56 Å². The Morgan fingerprint density at radius 1 is 1.35 bits per heavy atom. The second kappa shape index (κ2) is 4.88. The van der Waals surface area contributed by atoms with Gasteiger partial charge in [-0.2, -0.15) is 5.10 Å². The first-order valence-corrected chi connectivity index (χ1v) is 5.55. The first-order valence-electron chi connectivity index (χ1n) is 5.55. The molecule has 9 nitrogen and oxygen atoms in total. The fourth-order valence-electron chi connectivity index (χ4n) is 1.56. The van der Waals surface area contributed by atoms with Crippen LogP contribution >= 0.6 is 0 Å². The Balaban J connectivity index is 1.66. The van der Waals surface area contributed by atoms with Crippen molar-refractivity contribution in [1.29, 1.82) is 0 Å². The van der Waals surface area contributed by atoms with Crippen molar-refractivity contribution in [2.75, 3.05) is 12.5 Å². The lowest BCUT2D eigenvalue weighted by atomic mass is 10.2. The zero-order valence-electron chi connectivity index (χ0n) is 10.1. The fourth-order valence-corrected chi connectivity index (χ4v) is 1.56. The highest BCUT2D eigenvalue weighted by molar-refractivity contribution is 5.96. The van der Waals surface area contributed by atoms with E-state index in [2.05, 4.69) is 25.5 Å². The molecule has 0 unspecified atom stereocenters. The molecule has 0 saturated carbocycles. The molecule has 0 atom stereocenters. The van der Waals surface area contributed by atoms with Crippen LogP contribution in [0.25, 0.3) is 0 Å². The van der Waals surface area contributed by atoms with Crippen LogP contribution in [0.5, 0.6) is 11.5 Å². The number of ether oxygens (including phenoxy) is 2. The van der Waals surface area contributed by atoms with Crippen molar-refractivity contribution in [2.45, 2.75) is 0 Å². The number of carbonyl (C=O) groups excluding carboxylic acids is 1. The molecule has 0 spiro atoms. The van der Waals surface area contributed by atoms with Gasteiger partial charge in [0, 0.05) is 0 Å². The number of hydrazone groups is 1. The number of nitrogen functional groups attached to an aromatic ring is 1. The summed E-state index contributed by atoms with van der Waals surface area (Å²) in [6.45, 7) is 0.200. The summed E-state index contributed by atoms with van der Waals surface area (Å²) < 4.78 is 14.7. The maximum absolute atomic E-state index is 11.6. The van der Waals surface area contributed by atoms with Crippen LogP contribution in [0.4, 0.5) is 5.82 Å². The molecule has 3 N–H and O–H groups in total. The van der Waals surface area contributed by atoms with E-state index in [1.165, 1.54) is 6.21 Å². The third-order valence-electron chi connectivity index (χ3n) is 2.51. The van der Waals surface area contributed by atoms with Gasteiger partial charge in [-0.3, -0.25) is 4.79 Å². The number of rotatable bonds is 3. The largest absolute Gasteiger partial charge is 0.454 e. The Labute approximate surface area is 112 Å². The van der Waals surface area contributed by atoms with Crippen molar-refractivity contribution in [3.8, 4) is 11.5 Å². The summed E-state index contributed by atoms with van der Waals surface area (Å²) in [6.07, 6.45) is 1.45. The summed E-state index contributed by atoms with van der Waals surface area (Å²) in [4.78, 5) is 11.6. The van der Waals surface area contributed by atoms with Crippen molar-refractivity contribution < 1.29 is 18.9 Å². The Kier molecular flexibility index (Phi) is 2.92. The molecule has 0 bridgehead atoms. The number of hydrogen-bond donors (Lipinski definition) is 2. The van der Waals surface area contributed by atoms with Gasteiger partial charge in [0.25, 0.3) is 5.91 Å². The molecule has 2 heterocycles. The molecule has 1 aromatic carbocycles. The van der Waals surface area contributed by atoms with Crippen LogP contribution in [0.2, 0.25) is 0 Å². The third-order valence-corrected chi connectivity index (χ3v) is 2.51. The Bertz CT molecular complexity index is 681. The van der Waals surface area contributed by atoms with Gasteiger partial charge in [-0.05, 0) is 34.1 Å². The van der Waals surface area contributed by atoms with E-state index in [9.17, 15) is 4.79 Å². The molecule has 1 aromatic heterocycles. The molecule has 1 aliphatic heterocycles. The summed E-state index contributed by atoms with van der Waals surface area (Å²) in [7, 11) is 0. The molecular weight excluding hydrogens is 266 g/mol. The standard InChI is InChI=1S/C11H9N5O4/c12-10-9(15-20-16-10)11(17)14-13-4-6-1-2-7-8(3-6)19-5-18-7/h1-4H,5H2,(H2,12,16)(H,14,17)/b13-4+. The Morgan fingerprint density at radius 2 is 2.20 bits per heavy atom. The fraction of sp³-hybridized carbons (Fsp3) is 0.0909. The molecule has 1 amide bonds. The SMILES string of the molecule is Nc1nonc1C(=O)N/N=C/c1ccc2c(c1)OCO2. The number of benzene rings is 1. The van der Waals surface area contributed by atoms with Crippen molar-refractivity contribution in [1.82, 2.24) is 15.7 Å². The van der Waals surface area contributed by atoms with Gasteiger partial charge >= 0.3 is 0 Å². The van der Waals surface area contributed by atoms with E-state index in [-0.39, 0.29) is 18.3 Å². The van der Waals surface area contributed by atoms with E-state index in [1.54, 1.807) is 18.2 Å². The highest BCUT2D eigenvalue weighted by Gasteiger charge is 2.15. The number of fused-ring (bicyclic) bond motifs is 1. The van der Waals surface area contributed by atoms with E-state index >= 15 is 0 Å². The monoisotopic (exact) mass is 275 g/mol. The lowest BCUT2D eigenvalue weighted by Crippen LogP contribution is -2.19. The van der Waals surface area contributed by atoms with Crippen LogP contribution < -0.4 is 20.6 Å². The second-order valence-corrected chi connectivity index (χ2v) is 3.81. The van der Waals surface area contributed by atoms with Crippen LogP contribution in [-0.2, 0) is 0 Å². The molecule has 2 aromatic rings. The zero-order chi connectivity index (χ0) is 13.9. The molecule has 20 heavy (non-hydrogen) atoms. The quantitative estimate of drug-likeness (QED) is 0.603. The summed E-state index contributed by atoms with van der Waals surface area (Å²) in [6, 6.07) is 5.27. The van der Waals surface area contributed by atoms with Crippen LogP contribution in [0, 0.1) is 0 Å². The van der Waals surface area contributed by atoms with Crippen LogP contribution in [-0.4, -0.2) is 29.2 Å². The van der Waals surface area contributed by atoms with Crippen molar-refractivity contribution in [3.63, 3.8) is 0 Å². The van der Waals surface area contributed by atoms with E-state index in [0.29, 0.717) is 11.5 Å². The van der Waals surface area contributed by atoms with Crippen molar-refractivity contribution in [3.05, 3.63) is 29.5 Å². The number of nitrogens with two attached hydrogens (primary N) is 1. The highest BCUT2D eigenvalue weighted by Crippen LogP contribution is 2.31. The molecule has 9 heteroatoms. The Hall–Kier alpha value is -3.10. The van der Waals surface area contributed by atoms with Gasteiger partial charge in [-0.1, -0.05) is 0 Å². The minimum atomic E-state index is -0.610. The molecule has 0 saturated heterocycles. The predicted octanol–water partition coefficient (Wildman–Crippen LogP) is 0.144. The molecule has 0 fully saturated rings. The Morgan fingerprint density at radius 3 is 3.00 bits per heavy atom. The third kappa shape index (κ3) is 2.23. The summed E-state index contributed by atoms with van der Waals surface area (Å²) in [5, 5.41) is 10.4. The molecule has 3 rings (SSSR count). The maximum atomic E-state index is 11.6. The average molecular weight is 275 g/mol. The van der Waals surface area contributed by atoms with Gasteiger partial charge in [0.15, 0.2) is 11.5 Å². The van der Waals surface area contributed by atoms with Gasteiger partial charge in [0.1, 0.15) is 0 Å². The summed E-state index contributed by atoms with van der Waals surface area (Å²) in [5.74, 6) is 0.597. The first kappa shape index (κ1) is 12.0. The van der Waals surface area contributed by atoms with Gasteiger partial charge in [0.2, 0.25) is 18.3 Å². The molecule has 1 aliphatic rings. The van der Waals surface area contributed by atoms with Gasteiger partial charge in [0.05, 0.1) is 6.21 Å². The van der Waals surface area contributed by atoms with E-state index in [4.69, 9.17) is 15.2 Å². The number of anilines is 1. The number of nitrogens with one attached hydrogen (secondary N) is 1. The van der Waals surface area contributed by atoms with Gasteiger partial charge in [-0.15, -0.1) is 0 Å². The lowest BCUT2D eigenvalue weighted by molar-refractivity contribution is 0.0946. The van der Waals surface area contributed by atoms with Crippen molar-refractivity contribution >= 4 is 17.9 Å². The van der Waals surface area contributed by atoms with Crippen molar-refractivity contribution in [2.24, 2.45) is 5.10 Å². The van der Waals surface area contributed by atoms with Gasteiger partial charge in [-0.25, -0.2) is 10.1 Å². The number of nitrogens with zero attached hydrogens (tertiary/aromatic N) is 3. The molecule has 102 valence electrons. The first-order chi connectivity index (χ1) is 9.74. The number of hydrogen-bond acceptors (Lipinski definition) is 8. The summed E-state index contributed by atoms with van der Waals surface area (Å²) in [5.41, 5.74) is 8.25. The van der Waals surface area contributed by atoms with Crippen LogP contribution in [0.1, 0.15) is 16.1 Å². The minimum absolute atomic E-state index is 0.0965. The van der Waals surface area contributed by atoms with Crippen LogP contribution in [0.3, 0.4) is 0 Å². The smallest absolute Gasteiger partial charge is 0.297 e. The minimum Gasteiger partial charge on any atom is -0.454 e. The maximum Gasteiger partial charge on any atom is 0.297 e. The zero-order valence-corrected chi connectivity index (χ0v) is 10.1. The second-order valence-electron chi connectivity index (χ2n) is 3.81. The highest BCUT2D eigenvalue weighted by atomic mass is 16.7. The summed E-state index contributed by atoms with van der Waals surface area (Å²) >= 11 is 0. The number of carbonyl (C=O) groups is 1. The predicted molar refractivity (Wildman–Crippen MR) is 66.3 cm³/mol. The van der Waals surface area contributed by atoms with Crippen LogP contribution in [0.15, 0.2) is 27.9 Å². The van der Waals surface area contributed by atoms with Gasteiger partial charge < -0.3 is 15.2 Å². The average Bonchev–Trinajstić information content (AvgIpc) is 3.06. The lowest BCUT2D eigenvalue weighted by Gasteiger charge is -1.98. The topological polar surface area (TPSA) is 125 Å². The number of amides is 1. The van der Waals surface area contributed by atoms with E-state index < -0.39 is 5.91 Å².